The van der Waals surface area contributed by atoms with E-state index < -0.39 is 11.9 Å². The zero-order valence-corrected chi connectivity index (χ0v) is 14.0. The van der Waals surface area contributed by atoms with Gasteiger partial charge in [-0.3, -0.25) is 9.59 Å². The van der Waals surface area contributed by atoms with Gasteiger partial charge >= 0.3 is 0 Å². The SMILES string of the molecule is N#Cc1ccc(C[C@H](NC(=O)c2cccc3ccccc23)C(N)=O)cc1. The number of nitrogens with one attached hydrogen (secondary N) is 1. The number of carbonyl (C=O) groups excluding carboxylic acids is 2. The molecule has 0 radical (unpaired) electrons. The molecule has 128 valence electrons. The van der Waals surface area contributed by atoms with Crippen LogP contribution in [0.25, 0.3) is 10.8 Å². The molecule has 26 heavy (non-hydrogen) atoms. The van der Waals surface area contributed by atoms with Gasteiger partial charge in [0.15, 0.2) is 0 Å². The molecule has 0 aliphatic carbocycles. The number of nitrogens with two attached hydrogens (primary N) is 1. The molecule has 3 aromatic rings. The van der Waals surface area contributed by atoms with E-state index in [1.54, 1.807) is 36.4 Å². The van der Waals surface area contributed by atoms with Crippen molar-refractivity contribution in [3.63, 3.8) is 0 Å². The van der Waals surface area contributed by atoms with Crippen LogP contribution in [-0.2, 0) is 11.2 Å². The summed E-state index contributed by atoms with van der Waals surface area (Å²) in [7, 11) is 0. The van der Waals surface area contributed by atoms with Crippen molar-refractivity contribution in [3.8, 4) is 6.07 Å². The Morgan fingerprint density at radius 2 is 1.69 bits per heavy atom. The summed E-state index contributed by atoms with van der Waals surface area (Å²) in [5.41, 5.74) is 7.31. The van der Waals surface area contributed by atoms with Gasteiger partial charge in [0.1, 0.15) is 6.04 Å². The highest BCUT2D eigenvalue weighted by molar-refractivity contribution is 6.08. The second-order valence-electron chi connectivity index (χ2n) is 5.97. The van der Waals surface area contributed by atoms with Gasteiger partial charge in [-0.25, -0.2) is 0 Å². The van der Waals surface area contributed by atoms with E-state index in [1.807, 2.05) is 36.4 Å². The van der Waals surface area contributed by atoms with E-state index in [0.717, 1.165) is 16.3 Å². The Bertz CT molecular complexity index is 998. The quantitative estimate of drug-likeness (QED) is 0.745. The Labute approximate surface area is 151 Å². The van der Waals surface area contributed by atoms with E-state index in [4.69, 9.17) is 11.0 Å². The van der Waals surface area contributed by atoms with Gasteiger partial charge < -0.3 is 11.1 Å². The maximum atomic E-state index is 12.7. The van der Waals surface area contributed by atoms with Gasteiger partial charge in [-0.15, -0.1) is 0 Å². The molecule has 2 amide bonds. The molecule has 0 spiro atoms. The molecular formula is C21H17N3O2. The summed E-state index contributed by atoms with van der Waals surface area (Å²) in [6.07, 6.45) is 0.261. The molecule has 1 atom stereocenters. The Hall–Kier alpha value is -3.65. The first kappa shape index (κ1) is 17.2. The summed E-state index contributed by atoms with van der Waals surface area (Å²) in [5, 5.41) is 13.3. The molecule has 5 nitrogen and oxygen atoms in total. The first-order valence-corrected chi connectivity index (χ1v) is 8.15. The van der Waals surface area contributed by atoms with Crippen LogP contribution in [0.4, 0.5) is 0 Å². The number of nitrogens with zero attached hydrogens (tertiary/aromatic N) is 1. The Kier molecular flexibility index (Phi) is 4.95. The number of rotatable bonds is 5. The number of carbonyl (C=O) groups is 2. The molecule has 3 aromatic carbocycles. The van der Waals surface area contributed by atoms with Gasteiger partial charge in [0, 0.05) is 12.0 Å². The molecule has 0 bridgehead atoms. The molecule has 0 unspecified atom stereocenters. The van der Waals surface area contributed by atoms with Crippen molar-refractivity contribution in [2.24, 2.45) is 5.73 Å². The fourth-order valence-corrected chi connectivity index (χ4v) is 2.83. The van der Waals surface area contributed by atoms with Crippen LogP contribution in [0.3, 0.4) is 0 Å². The van der Waals surface area contributed by atoms with Gasteiger partial charge in [-0.05, 0) is 34.5 Å². The fourth-order valence-electron chi connectivity index (χ4n) is 2.83. The Balaban J connectivity index is 1.82. The molecule has 3 N–H and O–H groups in total. The van der Waals surface area contributed by atoms with Crippen LogP contribution < -0.4 is 11.1 Å². The van der Waals surface area contributed by atoms with E-state index in [1.165, 1.54) is 0 Å². The summed E-state index contributed by atoms with van der Waals surface area (Å²) in [4.78, 5) is 24.5. The van der Waals surface area contributed by atoms with Crippen LogP contribution in [0.1, 0.15) is 21.5 Å². The van der Waals surface area contributed by atoms with Gasteiger partial charge in [-0.2, -0.15) is 5.26 Å². The molecule has 0 fully saturated rings. The van der Waals surface area contributed by atoms with E-state index in [9.17, 15) is 9.59 Å². The third-order valence-corrected chi connectivity index (χ3v) is 4.21. The minimum Gasteiger partial charge on any atom is -0.368 e. The first-order valence-electron chi connectivity index (χ1n) is 8.15. The average Bonchev–Trinajstić information content (AvgIpc) is 2.67. The maximum Gasteiger partial charge on any atom is 0.252 e. The van der Waals surface area contributed by atoms with E-state index in [-0.39, 0.29) is 12.3 Å². The minimum atomic E-state index is -0.839. The van der Waals surface area contributed by atoms with Gasteiger partial charge in [0.2, 0.25) is 5.91 Å². The highest BCUT2D eigenvalue weighted by atomic mass is 16.2. The summed E-state index contributed by atoms with van der Waals surface area (Å²) in [6.45, 7) is 0. The van der Waals surface area contributed by atoms with Crippen molar-refractivity contribution in [1.82, 2.24) is 5.32 Å². The number of amides is 2. The van der Waals surface area contributed by atoms with E-state index in [0.29, 0.717) is 11.1 Å². The van der Waals surface area contributed by atoms with Crippen LogP contribution in [0.2, 0.25) is 0 Å². The summed E-state index contributed by atoms with van der Waals surface area (Å²) < 4.78 is 0. The second-order valence-corrected chi connectivity index (χ2v) is 5.97. The van der Waals surface area contributed by atoms with Crippen molar-refractivity contribution in [3.05, 3.63) is 83.4 Å². The molecule has 0 aliphatic heterocycles. The van der Waals surface area contributed by atoms with Gasteiger partial charge in [0.25, 0.3) is 5.91 Å². The monoisotopic (exact) mass is 343 g/mol. The predicted octanol–water partition coefficient (Wildman–Crippen LogP) is 2.54. The highest BCUT2D eigenvalue weighted by Gasteiger charge is 2.20. The van der Waals surface area contributed by atoms with Crippen LogP contribution in [0.5, 0.6) is 0 Å². The molecule has 5 heteroatoms. The van der Waals surface area contributed by atoms with Crippen LogP contribution in [0, 0.1) is 11.3 Å². The van der Waals surface area contributed by atoms with Gasteiger partial charge in [0.05, 0.1) is 11.6 Å². The fraction of sp³-hybridized carbons (Fsp3) is 0.0952. The largest absolute Gasteiger partial charge is 0.368 e. The van der Waals surface area contributed by atoms with Crippen molar-refractivity contribution >= 4 is 22.6 Å². The third kappa shape index (κ3) is 3.70. The Morgan fingerprint density at radius 1 is 1.00 bits per heavy atom. The van der Waals surface area contributed by atoms with Gasteiger partial charge in [-0.1, -0.05) is 48.5 Å². The number of primary amides is 1. The maximum absolute atomic E-state index is 12.7. The Morgan fingerprint density at radius 3 is 2.38 bits per heavy atom. The lowest BCUT2D eigenvalue weighted by Gasteiger charge is -2.16. The minimum absolute atomic E-state index is 0.261. The summed E-state index contributed by atoms with van der Waals surface area (Å²) in [6, 6.07) is 21.0. The third-order valence-electron chi connectivity index (χ3n) is 4.21. The van der Waals surface area contributed by atoms with Crippen molar-refractivity contribution < 1.29 is 9.59 Å². The lowest BCUT2D eigenvalue weighted by atomic mass is 10.0. The molecule has 3 rings (SSSR count). The van der Waals surface area contributed by atoms with Crippen LogP contribution >= 0.6 is 0 Å². The molecule has 0 saturated heterocycles. The van der Waals surface area contributed by atoms with Crippen molar-refractivity contribution in [2.45, 2.75) is 12.5 Å². The predicted molar refractivity (Wildman–Crippen MR) is 99.3 cm³/mol. The number of fused-ring (bicyclic) bond motifs is 1. The average molecular weight is 343 g/mol. The molecule has 0 aromatic heterocycles. The van der Waals surface area contributed by atoms with Crippen molar-refractivity contribution in [1.29, 1.82) is 5.26 Å². The summed E-state index contributed by atoms with van der Waals surface area (Å²) >= 11 is 0. The standard InChI is InChI=1S/C21H17N3O2/c22-13-15-10-8-14(9-11-15)12-19(20(23)25)24-21(26)18-7-3-5-16-4-1-2-6-17(16)18/h1-11,19H,12H2,(H2,23,25)(H,24,26)/t19-/m0/s1. The highest BCUT2D eigenvalue weighted by Crippen LogP contribution is 2.18. The number of hydrogen-bond acceptors (Lipinski definition) is 3. The van der Waals surface area contributed by atoms with Crippen LogP contribution in [-0.4, -0.2) is 17.9 Å². The number of nitriles is 1. The number of benzene rings is 3. The first-order chi connectivity index (χ1) is 12.6. The van der Waals surface area contributed by atoms with Crippen LogP contribution in [0.15, 0.2) is 66.7 Å². The normalized spacial score (nSPS) is 11.5. The lowest BCUT2D eigenvalue weighted by Crippen LogP contribution is -2.45. The van der Waals surface area contributed by atoms with E-state index in [2.05, 4.69) is 5.32 Å². The molecular weight excluding hydrogens is 326 g/mol. The smallest absolute Gasteiger partial charge is 0.252 e. The topological polar surface area (TPSA) is 96.0 Å². The number of hydrogen-bond donors (Lipinski definition) is 2. The van der Waals surface area contributed by atoms with Crippen molar-refractivity contribution in [2.75, 3.05) is 0 Å². The molecule has 0 saturated carbocycles. The lowest BCUT2D eigenvalue weighted by molar-refractivity contribution is -0.119. The second kappa shape index (κ2) is 7.49. The molecule has 0 aliphatic rings. The molecule has 0 heterocycles. The zero-order chi connectivity index (χ0) is 18.5. The zero-order valence-electron chi connectivity index (χ0n) is 14.0. The van der Waals surface area contributed by atoms with E-state index >= 15 is 0 Å². The summed E-state index contributed by atoms with van der Waals surface area (Å²) in [5.74, 6) is -0.956.